The first-order chi connectivity index (χ1) is 13.2. The number of aryl methyl sites for hydroxylation is 2. The maximum atomic E-state index is 12.5. The van der Waals surface area contributed by atoms with E-state index in [0.29, 0.717) is 12.3 Å². The molecule has 0 atom stereocenters. The van der Waals surface area contributed by atoms with E-state index in [2.05, 4.69) is 22.3 Å². The molecule has 1 aliphatic carbocycles. The molecule has 2 aliphatic rings. The molecule has 1 amide bonds. The van der Waals surface area contributed by atoms with Gasteiger partial charge < -0.3 is 19.4 Å². The van der Waals surface area contributed by atoms with E-state index in [9.17, 15) is 4.79 Å². The topological polar surface area (TPSA) is 54.7 Å². The van der Waals surface area contributed by atoms with Crippen LogP contribution >= 0.6 is 0 Å². The Hall–Kier alpha value is -1.85. The number of rotatable bonds is 7. The number of hydrogen-bond donors (Lipinski definition) is 1. The lowest BCUT2D eigenvalue weighted by molar-refractivity contribution is -0.120. The summed E-state index contributed by atoms with van der Waals surface area (Å²) in [6.45, 7) is 4.78. The number of benzene rings is 1. The molecule has 0 bridgehead atoms. The predicted octanol–water partition coefficient (Wildman–Crippen LogP) is 2.94. The summed E-state index contributed by atoms with van der Waals surface area (Å²) in [5.74, 6) is 0.678. The quantitative estimate of drug-likeness (QED) is 0.814. The molecule has 2 aromatic rings. The summed E-state index contributed by atoms with van der Waals surface area (Å²) < 4.78 is 10.9. The summed E-state index contributed by atoms with van der Waals surface area (Å²) in [5.41, 5.74) is 4.75. The van der Waals surface area contributed by atoms with Crippen molar-refractivity contribution in [1.29, 1.82) is 0 Å². The number of nitrogens with zero attached hydrogens (tertiary/aromatic N) is 1. The average molecular weight is 370 g/mol. The van der Waals surface area contributed by atoms with Gasteiger partial charge in [-0.3, -0.25) is 4.79 Å². The molecule has 1 fully saturated rings. The van der Waals surface area contributed by atoms with Gasteiger partial charge in [-0.1, -0.05) is 0 Å². The Balaban J connectivity index is 1.27. The number of amides is 1. The maximum Gasteiger partial charge on any atom is 0.224 e. The van der Waals surface area contributed by atoms with E-state index in [1.807, 2.05) is 0 Å². The summed E-state index contributed by atoms with van der Waals surface area (Å²) >= 11 is 0. The van der Waals surface area contributed by atoms with Crippen LogP contribution in [0.25, 0.3) is 11.0 Å². The van der Waals surface area contributed by atoms with Crippen LogP contribution in [-0.4, -0.2) is 50.7 Å². The van der Waals surface area contributed by atoms with Crippen molar-refractivity contribution in [3.8, 4) is 0 Å². The Kier molecular flexibility index (Phi) is 5.79. The molecular formula is C22H30N2O3. The highest BCUT2D eigenvalue weighted by Gasteiger charge is 2.20. The van der Waals surface area contributed by atoms with Crippen LogP contribution in [0.2, 0.25) is 0 Å². The minimum absolute atomic E-state index is 0.0972. The SMILES string of the molecule is COCCN1CCC(CNC(=O)Cc2coc3cc4c(cc23)CCC4)CC1. The van der Waals surface area contributed by atoms with Gasteiger partial charge in [-0.05, 0) is 74.4 Å². The maximum absolute atomic E-state index is 12.5. The van der Waals surface area contributed by atoms with E-state index in [1.165, 1.54) is 17.5 Å². The molecule has 4 rings (SSSR count). The molecule has 1 aromatic heterocycles. The molecule has 0 unspecified atom stereocenters. The number of methoxy groups -OCH3 is 1. The fourth-order valence-electron chi connectivity index (χ4n) is 4.41. The number of fused-ring (bicyclic) bond motifs is 2. The zero-order valence-corrected chi connectivity index (χ0v) is 16.3. The molecule has 0 spiro atoms. The van der Waals surface area contributed by atoms with Crippen molar-refractivity contribution in [3.63, 3.8) is 0 Å². The first kappa shape index (κ1) is 18.5. The Bertz CT molecular complexity index is 790. The zero-order valence-electron chi connectivity index (χ0n) is 16.3. The molecule has 27 heavy (non-hydrogen) atoms. The predicted molar refractivity (Wildman–Crippen MR) is 106 cm³/mol. The largest absolute Gasteiger partial charge is 0.464 e. The molecule has 0 radical (unpaired) electrons. The minimum Gasteiger partial charge on any atom is -0.464 e. The average Bonchev–Trinajstić information content (AvgIpc) is 3.30. The normalized spacial score (nSPS) is 18.1. The second-order valence-electron chi connectivity index (χ2n) is 7.99. The van der Waals surface area contributed by atoms with E-state index in [0.717, 1.165) is 75.0 Å². The number of nitrogens with one attached hydrogen (secondary N) is 1. The van der Waals surface area contributed by atoms with Gasteiger partial charge >= 0.3 is 0 Å². The molecular weight excluding hydrogens is 340 g/mol. The summed E-state index contributed by atoms with van der Waals surface area (Å²) in [5, 5.41) is 4.25. The Labute approximate surface area is 161 Å². The van der Waals surface area contributed by atoms with E-state index in [-0.39, 0.29) is 5.91 Å². The smallest absolute Gasteiger partial charge is 0.224 e. The van der Waals surface area contributed by atoms with Crippen LogP contribution in [0.4, 0.5) is 0 Å². The minimum atomic E-state index is 0.0972. The second kappa shape index (κ2) is 8.44. The van der Waals surface area contributed by atoms with Crippen LogP contribution in [0, 0.1) is 5.92 Å². The van der Waals surface area contributed by atoms with Crippen molar-refractivity contribution in [2.75, 3.05) is 39.9 Å². The summed E-state index contributed by atoms with van der Waals surface area (Å²) in [6.07, 6.45) is 7.96. The van der Waals surface area contributed by atoms with Crippen LogP contribution in [0.3, 0.4) is 0 Å². The van der Waals surface area contributed by atoms with Gasteiger partial charge in [0.1, 0.15) is 5.58 Å². The van der Waals surface area contributed by atoms with Crippen molar-refractivity contribution in [2.24, 2.45) is 5.92 Å². The van der Waals surface area contributed by atoms with Gasteiger partial charge in [0.15, 0.2) is 0 Å². The first-order valence-electron chi connectivity index (χ1n) is 10.2. The van der Waals surface area contributed by atoms with E-state index < -0.39 is 0 Å². The van der Waals surface area contributed by atoms with Gasteiger partial charge in [0.05, 0.1) is 19.3 Å². The number of piperidine rings is 1. The fraction of sp³-hybridized carbons (Fsp3) is 0.591. The number of likely N-dealkylation sites (tertiary alicyclic amines) is 1. The van der Waals surface area contributed by atoms with Gasteiger partial charge in [0.25, 0.3) is 0 Å². The van der Waals surface area contributed by atoms with Crippen molar-refractivity contribution >= 4 is 16.9 Å². The molecule has 1 saturated heterocycles. The van der Waals surface area contributed by atoms with Gasteiger partial charge in [-0.2, -0.15) is 0 Å². The lowest BCUT2D eigenvalue weighted by Gasteiger charge is -2.31. The third-order valence-corrected chi connectivity index (χ3v) is 6.13. The molecule has 2 heterocycles. The van der Waals surface area contributed by atoms with Crippen molar-refractivity contribution in [1.82, 2.24) is 10.2 Å². The van der Waals surface area contributed by atoms with E-state index >= 15 is 0 Å². The van der Waals surface area contributed by atoms with Crippen molar-refractivity contribution < 1.29 is 13.9 Å². The first-order valence-corrected chi connectivity index (χ1v) is 10.2. The second-order valence-corrected chi connectivity index (χ2v) is 7.99. The van der Waals surface area contributed by atoms with Gasteiger partial charge in [0.2, 0.25) is 5.91 Å². The monoisotopic (exact) mass is 370 g/mol. The van der Waals surface area contributed by atoms with Crippen LogP contribution in [0.15, 0.2) is 22.8 Å². The molecule has 1 aliphatic heterocycles. The van der Waals surface area contributed by atoms with Crippen LogP contribution in [0.1, 0.15) is 36.0 Å². The Morgan fingerprint density at radius 2 is 2.04 bits per heavy atom. The summed E-state index contributed by atoms with van der Waals surface area (Å²) in [7, 11) is 1.75. The van der Waals surface area contributed by atoms with E-state index in [4.69, 9.17) is 9.15 Å². The zero-order chi connectivity index (χ0) is 18.6. The number of hydrogen-bond acceptors (Lipinski definition) is 4. The third kappa shape index (κ3) is 4.36. The highest BCUT2D eigenvalue weighted by atomic mass is 16.5. The number of ether oxygens (including phenoxy) is 1. The molecule has 146 valence electrons. The Morgan fingerprint density at radius 3 is 2.81 bits per heavy atom. The number of furan rings is 1. The lowest BCUT2D eigenvalue weighted by Crippen LogP contribution is -2.40. The van der Waals surface area contributed by atoms with Gasteiger partial charge in [0, 0.05) is 31.1 Å². The summed E-state index contributed by atoms with van der Waals surface area (Å²) in [6, 6.07) is 4.40. The molecule has 5 heteroatoms. The lowest BCUT2D eigenvalue weighted by atomic mass is 9.96. The molecule has 5 nitrogen and oxygen atoms in total. The summed E-state index contributed by atoms with van der Waals surface area (Å²) in [4.78, 5) is 14.9. The van der Waals surface area contributed by atoms with Gasteiger partial charge in [-0.15, -0.1) is 0 Å². The van der Waals surface area contributed by atoms with E-state index in [1.54, 1.807) is 13.4 Å². The number of carbonyl (C=O) groups is 1. The highest BCUT2D eigenvalue weighted by Crippen LogP contribution is 2.30. The standard InChI is InChI=1S/C22H30N2O3/c1-26-10-9-24-7-5-16(6-8-24)14-23-22(25)13-19-15-27-21-12-18-4-2-3-17(18)11-20(19)21/h11-12,15-16H,2-10,13-14H2,1H3,(H,23,25). The van der Waals surface area contributed by atoms with Crippen LogP contribution < -0.4 is 5.32 Å². The van der Waals surface area contributed by atoms with Crippen LogP contribution in [-0.2, 0) is 28.8 Å². The van der Waals surface area contributed by atoms with Gasteiger partial charge in [-0.25, -0.2) is 0 Å². The Morgan fingerprint density at radius 1 is 1.26 bits per heavy atom. The molecule has 1 aromatic carbocycles. The fourth-order valence-corrected chi connectivity index (χ4v) is 4.41. The third-order valence-electron chi connectivity index (χ3n) is 6.13. The van der Waals surface area contributed by atoms with Crippen molar-refractivity contribution in [3.05, 3.63) is 35.1 Å². The number of carbonyl (C=O) groups excluding carboxylic acids is 1. The van der Waals surface area contributed by atoms with Crippen LogP contribution in [0.5, 0.6) is 0 Å². The molecule has 0 saturated carbocycles. The highest BCUT2D eigenvalue weighted by molar-refractivity contribution is 5.88. The van der Waals surface area contributed by atoms with Crippen molar-refractivity contribution in [2.45, 2.75) is 38.5 Å². The molecule has 1 N–H and O–H groups in total.